The average molecular weight is 471 g/mol. The van der Waals surface area contributed by atoms with Crippen LogP contribution in [0.3, 0.4) is 0 Å². The first-order valence-corrected chi connectivity index (χ1v) is 12.0. The third-order valence-corrected chi connectivity index (χ3v) is 7.45. The summed E-state index contributed by atoms with van der Waals surface area (Å²) in [6.45, 7) is 2.03. The maximum atomic E-state index is 12.5. The lowest BCUT2D eigenvalue weighted by Crippen LogP contribution is -2.29. The molecule has 2 aromatic carbocycles. The molecule has 2 heterocycles. The minimum atomic E-state index is -3.66. The van der Waals surface area contributed by atoms with Crippen LogP contribution < -0.4 is 10.2 Å². The molecule has 0 fully saturated rings. The van der Waals surface area contributed by atoms with Gasteiger partial charge in [-0.1, -0.05) is 36.4 Å². The number of fused-ring (bicyclic) bond motifs is 1. The van der Waals surface area contributed by atoms with Crippen molar-refractivity contribution in [1.82, 2.24) is 9.21 Å². The Bertz CT molecular complexity index is 1250. The third kappa shape index (κ3) is 5.33. The van der Waals surface area contributed by atoms with E-state index in [-0.39, 0.29) is 35.8 Å². The summed E-state index contributed by atoms with van der Waals surface area (Å²) in [5, 5.41) is 8.96. The van der Waals surface area contributed by atoms with Crippen LogP contribution in [0.4, 0.5) is 0 Å². The number of sulfonamides is 1. The second-order valence-electron chi connectivity index (χ2n) is 7.97. The topological polar surface area (TPSA) is 100 Å². The smallest absolute Gasteiger partial charge is 0.242 e. The zero-order valence-electron chi connectivity index (χ0n) is 18.3. The van der Waals surface area contributed by atoms with Gasteiger partial charge in [0.05, 0.1) is 18.0 Å². The summed E-state index contributed by atoms with van der Waals surface area (Å²) in [7, 11) is -2.25. The number of hydrogen-bond acceptors (Lipinski definition) is 7. The third-order valence-electron chi connectivity index (χ3n) is 5.58. The average Bonchev–Trinajstić information content (AvgIpc) is 3.21. The number of likely N-dealkylation sites (N-methyl/N-ethyl adjacent to an activating group) is 1. The van der Waals surface area contributed by atoms with Gasteiger partial charge in [-0.25, -0.2) is 8.42 Å². The lowest BCUT2D eigenvalue weighted by atomic mass is 10.1. The first-order valence-electron chi connectivity index (χ1n) is 10.6. The standard InChI is InChI=1S/C24H26N2O6S/c1-25(10-11-27)33(29,30)22-8-6-18(7-9-22)16-32-24-17-31-21(12-23(24)28)15-26-13-19-4-2-3-5-20(19)14-26/h2-9,12,17,27H,10-11,13-16H2,1H3. The second kappa shape index (κ2) is 9.88. The van der Waals surface area contributed by atoms with E-state index >= 15 is 0 Å². The largest absolute Gasteiger partial charge is 0.482 e. The molecular formula is C24H26N2O6S. The molecule has 33 heavy (non-hydrogen) atoms. The van der Waals surface area contributed by atoms with Crippen LogP contribution in [-0.2, 0) is 36.3 Å². The zero-order chi connectivity index (χ0) is 23.4. The Morgan fingerprint density at radius 1 is 1.09 bits per heavy atom. The molecule has 0 unspecified atom stereocenters. The van der Waals surface area contributed by atoms with Crippen LogP contribution >= 0.6 is 0 Å². The molecule has 9 heteroatoms. The zero-order valence-corrected chi connectivity index (χ0v) is 19.1. The van der Waals surface area contributed by atoms with E-state index in [2.05, 4.69) is 17.0 Å². The van der Waals surface area contributed by atoms with Gasteiger partial charge in [-0.2, -0.15) is 4.31 Å². The molecule has 0 radical (unpaired) electrons. The molecule has 1 aromatic heterocycles. The summed E-state index contributed by atoms with van der Waals surface area (Å²) < 4.78 is 37.1. The number of ether oxygens (including phenoxy) is 1. The number of benzene rings is 2. The van der Waals surface area contributed by atoms with E-state index in [9.17, 15) is 13.2 Å². The normalized spacial score (nSPS) is 13.9. The first-order chi connectivity index (χ1) is 15.9. The van der Waals surface area contributed by atoms with Crippen molar-refractivity contribution in [2.75, 3.05) is 20.2 Å². The highest BCUT2D eigenvalue weighted by Gasteiger charge is 2.21. The van der Waals surface area contributed by atoms with Crippen LogP contribution in [0.5, 0.6) is 5.75 Å². The molecule has 0 saturated heterocycles. The Labute approximate surface area is 192 Å². The molecular weight excluding hydrogens is 444 g/mol. The van der Waals surface area contributed by atoms with Crippen molar-refractivity contribution in [1.29, 1.82) is 0 Å². The van der Waals surface area contributed by atoms with Crippen LogP contribution in [-0.4, -0.2) is 42.9 Å². The van der Waals surface area contributed by atoms with Crippen molar-refractivity contribution < 1.29 is 22.7 Å². The Kier molecular flexibility index (Phi) is 6.94. The molecule has 0 aliphatic carbocycles. The van der Waals surface area contributed by atoms with Crippen LogP contribution in [0.15, 0.2) is 75.0 Å². The molecule has 174 valence electrons. The maximum absolute atomic E-state index is 12.5. The summed E-state index contributed by atoms with van der Waals surface area (Å²) in [5.74, 6) is 0.671. The minimum absolute atomic E-state index is 0.0175. The highest BCUT2D eigenvalue weighted by molar-refractivity contribution is 7.89. The monoisotopic (exact) mass is 470 g/mol. The van der Waals surface area contributed by atoms with Gasteiger partial charge >= 0.3 is 0 Å². The predicted molar refractivity (Wildman–Crippen MR) is 122 cm³/mol. The van der Waals surface area contributed by atoms with Crippen molar-refractivity contribution in [3.63, 3.8) is 0 Å². The van der Waals surface area contributed by atoms with Gasteiger partial charge < -0.3 is 14.3 Å². The summed E-state index contributed by atoms with van der Waals surface area (Å²) in [6, 6.07) is 15.9. The quantitative estimate of drug-likeness (QED) is 0.512. The van der Waals surface area contributed by atoms with Crippen LogP contribution in [0.25, 0.3) is 0 Å². The van der Waals surface area contributed by atoms with Gasteiger partial charge in [-0.3, -0.25) is 9.69 Å². The summed E-state index contributed by atoms with van der Waals surface area (Å²) in [4.78, 5) is 14.8. The van der Waals surface area contributed by atoms with Gasteiger partial charge in [0.15, 0.2) is 0 Å². The van der Waals surface area contributed by atoms with Gasteiger partial charge in [-0.15, -0.1) is 0 Å². The van der Waals surface area contributed by atoms with Gasteiger partial charge in [0.25, 0.3) is 0 Å². The number of hydrogen-bond donors (Lipinski definition) is 1. The Hall–Kier alpha value is -2.98. The van der Waals surface area contributed by atoms with Crippen LogP contribution in [0.1, 0.15) is 22.5 Å². The Balaban J connectivity index is 1.35. The molecule has 0 atom stereocenters. The summed E-state index contributed by atoms with van der Waals surface area (Å²) >= 11 is 0. The van der Waals surface area contributed by atoms with E-state index in [0.717, 1.165) is 17.4 Å². The summed E-state index contributed by atoms with van der Waals surface area (Å²) in [5.41, 5.74) is 3.02. The molecule has 0 bridgehead atoms. The van der Waals surface area contributed by atoms with Gasteiger partial charge in [0.1, 0.15) is 18.6 Å². The van der Waals surface area contributed by atoms with E-state index in [1.54, 1.807) is 12.1 Å². The van der Waals surface area contributed by atoms with Crippen molar-refractivity contribution in [3.05, 3.63) is 93.5 Å². The molecule has 0 amide bonds. The fourth-order valence-corrected chi connectivity index (χ4v) is 4.88. The van der Waals surface area contributed by atoms with Crippen molar-refractivity contribution in [3.8, 4) is 5.75 Å². The van der Waals surface area contributed by atoms with E-state index in [0.29, 0.717) is 17.9 Å². The molecule has 1 aliphatic heterocycles. The maximum Gasteiger partial charge on any atom is 0.242 e. The minimum Gasteiger partial charge on any atom is -0.482 e. The highest BCUT2D eigenvalue weighted by atomic mass is 32.2. The van der Waals surface area contributed by atoms with Crippen LogP contribution in [0, 0.1) is 0 Å². The molecule has 3 aromatic rings. The predicted octanol–water partition coefficient (Wildman–Crippen LogP) is 2.35. The second-order valence-corrected chi connectivity index (χ2v) is 10.0. The van der Waals surface area contributed by atoms with Gasteiger partial charge in [-0.05, 0) is 28.8 Å². The summed E-state index contributed by atoms with van der Waals surface area (Å²) in [6.07, 6.45) is 1.32. The van der Waals surface area contributed by atoms with E-state index in [4.69, 9.17) is 14.3 Å². The van der Waals surface area contributed by atoms with E-state index in [1.807, 2.05) is 12.1 Å². The number of aliphatic hydroxyl groups excluding tert-OH is 1. The number of aliphatic hydroxyl groups is 1. The van der Waals surface area contributed by atoms with Crippen molar-refractivity contribution in [2.45, 2.75) is 31.1 Å². The number of rotatable bonds is 9. The molecule has 8 nitrogen and oxygen atoms in total. The van der Waals surface area contributed by atoms with Gasteiger partial charge in [0, 0.05) is 32.7 Å². The molecule has 0 saturated carbocycles. The van der Waals surface area contributed by atoms with Crippen LogP contribution in [0.2, 0.25) is 0 Å². The van der Waals surface area contributed by atoms with Crippen molar-refractivity contribution in [2.24, 2.45) is 0 Å². The van der Waals surface area contributed by atoms with Gasteiger partial charge in [0.2, 0.25) is 21.2 Å². The lowest BCUT2D eigenvalue weighted by molar-refractivity contribution is 0.241. The Morgan fingerprint density at radius 3 is 2.36 bits per heavy atom. The fourth-order valence-electron chi connectivity index (χ4n) is 3.72. The van der Waals surface area contributed by atoms with Crippen molar-refractivity contribution >= 4 is 10.0 Å². The molecule has 0 spiro atoms. The first kappa shape index (κ1) is 23.2. The number of nitrogens with zero attached hydrogens (tertiary/aromatic N) is 2. The Morgan fingerprint density at radius 2 is 1.76 bits per heavy atom. The fraction of sp³-hybridized carbons (Fsp3) is 0.292. The lowest BCUT2D eigenvalue weighted by Gasteiger charge is -2.16. The molecule has 1 aliphatic rings. The highest BCUT2D eigenvalue weighted by Crippen LogP contribution is 2.24. The molecule has 1 N–H and O–H groups in total. The van der Waals surface area contributed by atoms with E-state index in [1.165, 1.54) is 42.6 Å². The van der Waals surface area contributed by atoms with E-state index < -0.39 is 10.0 Å². The SMILES string of the molecule is CN(CCO)S(=O)(=O)c1ccc(COc2coc(CN3Cc4ccccc4C3)cc2=O)cc1. The molecule has 4 rings (SSSR count).